The van der Waals surface area contributed by atoms with Gasteiger partial charge in [0.2, 0.25) is 0 Å². The molecule has 3 nitrogen and oxygen atoms in total. The number of rotatable bonds is 6. The summed E-state index contributed by atoms with van der Waals surface area (Å²) in [6.45, 7) is 1.41. The summed E-state index contributed by atoms with van der Waals surface area (Å²) >= 11 is 5.62. The summed E-state index contributed by atoms with van der Waals surface area (Å²) < 4.78 is 13.5. The van der Waals surface area contributed by atoms with Crippen molar-refractivity contribution in [3.63, 3.8) is 0 Å². The Hall–Kier alpha value is -1.13. The van der Waals surface area contributed by atoms with Gasteiger partial charge in [-0.3, -0.25) is 4.79 Å². The van der Waals surface area contributed by atoms with Gasteiger partial charge in [0, 0.05) is 12.6 Å². The summed E-state index contributed by atoms with van der Waals surface area (Å²) in [6, 6.07) is 5.09. The second-order valence-electron chi connectivity index (χ2n) is 4.44. The predicted molar refractivity (Wildman–Crippen MR) is 69.4 cm³/mol. The Morgan fingerprint density at radius 2 is 2.17 bits per heavy atom. The standard InChI is InChI=1S/C13H16ClFN2O/c14-11-4-1-3-10(12(11)15)13(18)17-8-2-7-16-9-5-6-9/h1,3-4,9,16H,2,5-8H2,(H,17,18). The lowest BCUT2D eigenvalue weighted by Gasteiger charge is -2.07. The SMILES string of the molecule is O=C(NCCCNC1CC1)c1cccc(Cl)c1F. The second-order valence-corrected chi connectivity index (χ2v) is 4.85. The number of carbonyl (C=O) groups excluding carboxylic acids is 1. The van der Waals surface area contributed by atoms with Crippen LogP contribution in [0.2, 0.25) is 5.02 Å². The molecule has 1 fully saturated rings. The van der Waals surface area contributed by atoms with E-state index in [2.05, 4.69) is 10.6 Å². The van der Waals surface area contributed by atoms with Crippen LogP contribution in [0.25, 0.3) is 0 Å². The molecule has 0 saturated heterocycles. The van der Waals surface area contributed by atoms with Gasteiger partial charge < -0.3 is 10.6 Å². The van der Waals surface area contributed by atoms with Crippen molar-refractivity contribution in [2.45, 2.75) is 25.3 Å². The van der Waals surface area contributed by atoms with Gasteiger partial charge in [-0.1, -0.05) is 17.7 Å². The highest BCUT2D eigenvalue weighted by molar-refractivity contribution is 6.31. The van der Waals surface area contributed by atoms with Gasteiger partial charge in [0.15, 0.2) is 5.82 Å². The van der Waals surface area contributed by atoms with Crippen molar-refractivity contribution < 1.29 is 9.18 Å². The third-order valence-corrected chi connectivity index (χ3v) is 3.14. The lowest BCUT2D eigenvalue weighted by atomic mass is 10.2. The highest BCUT2D eigenvalue weighted by atomic mass is 35.5. The number of carbonyl (C=O) groups is 1. The van der Waals surface area contributed by atoms with Crippen LogP contribution >= 0.6 is 11.6 Å². The molecule has 5 heteroatoms. The van der Waals surface area contributed by atoms with E-state index < -0.39 is 11.7 Å². The largest absolute Gasteiger partial charge is 0.352 e. The smallest absolute Gasteiger partial charge is 0.254 e. The maximum Gasteiger partial charge on any atom is 0.254 e. The molecule has 2 N–H and O–H groups in total. The first-order valence-electron chi connectivity index (χ1n) is 6.14. The summed E-state index contributed by atoms with van der Waals surface area (Å²) in [5, 5.41) is 6.00. The zero-order valence-corrected chi connectivity index (χ0v) is 10.8. The summed E-state index contributed by atoms with van der Waals surface area (Å²) in [5.74, 6) is -1.07. The fraction of sp³-hybridized carbons (Fsp3) is 0.462. The van der Waals surface area contributed by atoms with E-state index in [1.54, 1.807) is 6.07 Å². The molecular formula is C13H16ClFN2O. The number of benzene rings is 1. The Morgan fingerprint density at radius 3 is 2.89 bits per heavy atom. The van der Waals surface area contributed by atoms with Crippen LogP contribution in [-0.2, 0) is 0 Å². The molecule has 2 rings (SSSR count). The van der Waals surface area contributed by atoms with Gasteiger partial charge in [-0.2, -0.15) is 0 Å². The van der Waals surface area contributed by atoms with Crippen LogP contribution < -0.4 is 10.6 Å². The molecule has 1 aromatic rings. The monoisotopic (exact) mass is 270 g/mol. The summed E-state index contributed by atoms with van der Waals surface area (Å²) in [6.07, 6.45) is 3.34. The minimum absolute atomic E-state index is 0.00217. The van der Waals surface area contributed by atoms with E-state index in [-0.39, 0.29) is 10.6 Å². The minimum Gasteiger partial charge on any atom is -0.352 e. The van der Waals surface area contributed by atoms with Crippen molar-refractivity contribution in [2.24, 2.45) is 0 Å². The molecule has 18 heavy (non-hydrogen) atoms. The van der Waals surface area contributed by atoms with Gasteiger partial charge in [0.05, 0.1) is 10.6 Å². The van der Waals surface area contributed by atoms with Gasteiger partial charge in [-0.25, -0.2) is 4.39 Å². The predicted octanol–water partition coefficient (Wildman–Crippen LogP) is 2.35. The Bertz CT molecular complexity index is 435. The maximum absolute atomic E-state index is 13.5. The van der Waals surface area contributed by atoms with Gasteiger partial charge in [0.1, 0.15) is 0 Å². The summed E-state index contributed by atoms with van der Waals surface area (Å²) in [5.41, 5.74) is -0.00217. The van der Waals surface area contributed by atoms with E-state index >= 15 is 0 Å². The van der Waals surface area contributed by atoms with Crippen molar-refractivity contribution in [1.82, 2.24) is 10.6 Å². The first kappa shape index (κ1) is 13.3. The van der Waals surface area contributed by atoms with Crippen LogP contribution in [-0.4, -0.2) is 25.0 Å². The minimum atomic E-state index is -0.659. The van der Waals surface area contributed by atoms with Crippen LogP contribution in [0.5, 0.6) is 0 Å². The van der Waals surface area contributed by atoms with Crippen molar-refractivity contribution in [2.75, 3.05) is 13.1 Å². The average Bonchev–Trinajstić information content (AvgIpc) is 3.16. The first-order valence-corrected chi connectivity index (χ1v) is 6.52. The van der Waals surface area contributed by atoms with Crippen LogP contribution in [0.4, 0.5) is 4.39 Å². The molecule has 1 aliphatic carbocycles. The number of amides is 1. The van der Waals surface area contributed by atoms with Gasteiger partial charge in [-0.15, -0.1) is 0 Å². The van der Waals surface area contributed by atoms with Gasteiger partial charge in [0.25, 0.3) is 5.91 Å². The van der Waals surface area contributed by atoms with E-state index in [0.29, 0.717) is 12.6 Å². The number of hydrogen-bond donors (Lipinski definition) is 2. The van der Waals surface area contributed by atoms with Crippen LogP contribution in [0.3, 0.4) is 0 Å². The van der Waals surface area contributed by atoms with E-state index in [9.17, 15) is 9.18 Å². The van der Waals surface area contributed by atoms with E-state index in [1.165, 1.54) is 25.0 Å². The zero-order valence-electron chi connectivity index (χ0n) is 10.0. The Kier molecular flexibility index (Phi) is 4.55. The molecule has 0 radical (unpaired) electrons. The van der Waals surface area contributed by atoms with Crippen LogP contribution in [0, 0.1) is 5.82 Å². The summed E-state index contributed by atoms with van der Waals surface area (Å²) in [7, 11) is 0. The quantitative estimate of drug-likeness (QED) is 0.779. The molecule has 1 aromatic carbocycles. The molecule has 0 bridgehead atoms. The normalized spacial score (nSPS) is 14.6. The molecule has 1 aliphatic rings. The molecular weight excluding hydrogens is 255 g/mol. The van der Waals surface area contributed by atoms with E-state index in [1.807, 2.05) is 0 Å². The molecule has 0 aromatic heterocycles. The van der Waals surface area contributed by atoms with E-state index in [4.69, 9.17) is 11.6 Å². The fourth-order valence-electron chi connectivity index (χ4n) is 1.66. The number of hydrogen-bond acceptors (Lipinski definition) is 2. The second kappa shape index (κ2) is 6.16. The molecule has 98 valence electrons. The van der Waals surface area contributed by atoms with Gasteiger partial charge in [-0.05, 0) is 37.9 Å². The van der Waals surface area contributed by atoms with Crippen molar-refractivity contribution in [1.29, 1.82) is 0 Å². The Morgan fingerprint density at radius 1 is 1.39 bits per heavy atom. The van der Waals surface area contributed by atoms with Crippen LogP contribution in [0.15, 0.2) is 18.2 Å². The number of halogens is 2. The lowest BCUT2D eigenvalue weighted by Crippen LogP contribution is -2.28. The molecule has 0 unspecified atom stereocenters. The molecule has 1 saturated carbocycles. The highest BCUT2D eigenvalue weighted by Gasteiger charge is 2.19. The molecule has 0 atom stereocenters. The lowest BCUT2D eigenvalue weighted by molar-refractivity contribution is 0.0949. The zero-order chi connectivity index (χ0) is 13.0. The molecule has 0 heterocycles. The van der Waals surface area contributed by atoms with Crippen molar-refractivity contribution in [3.05, 3.63) is 34.6 Å². The average molecular weight is 271 g/mol. The number of nitrogens with one attached hydrogen (secondary N) is 2. The van der Waals surface area contributed by atoms with Crippen LogP contribution in [0.1, 0.15) is 29.6 Å². The van der Waals surface area contributed by atoms with Crippen molar-refractivity contribution in [3.8, 4) is 0 Å². The molecule has 0 spiro atoms. The Labute approximate surface area is 111 Å². The third-order valence-electron chi connectivity index (χ3n) is 2.85. The third kappa shape index (κ3) is 3.68. The molecule has 1 amide bonds. The Balaban J connectivity index is 1.74. The molecule has 0 aliphatic heterocycles. The highest BCUT2D eigenvalue weighted by Crippen LogP contribution is 2.18. The van der Waals surface area contributed by atoms with Crippen molar-refractivity contribution >= 4 is 17.5 Å². The first-order chi connectivity index (χ1) is 8.68. The topological polar surface area (TPSA) is 41.1 Å². The summed E-state index contributed by atoms with van der Waals surface area (Å²) in [4.78, 5) is 11.7. The fourth-order valence-corrected chi connectivity index (χ4v) is 1.83. The maximum atomic E-state index is 13.5. The van der Waals surface area contributed by atoms with E-state index in [0.717, 1.165) is 13.0 Å². The van der Waals surface area contributed by atoms with Gasteiger partial charge >= 0.3 is 0 Å².